The number of benzene rings is 8. The van der Waals surface area contributed by atoms with Crippen LogP contribution in [0, 0.1) is 0 Å². The van der Waals surface area contributed by atoms with Gasteiger partial charge in [0.1, 0.15) is 47.4 Å². The Morgan fingerprint density at radius 2 is 0.765 bits per heavy atom. The first kappa shape index (κ1) is 56.8. The molecule has 12 rings (SSSR count). The summed E-state index contributed by atoms with van der Waals surface area (Å²) in [4.78, 5) is 7.64. The number of fused-ring (bicyclic) bond motifs is 4. The van der Waals surface area contributed by atoms with Crippen LogP contribution in [-0.2, 0) is 21.7 Å². The van der Waals surface area contributed by atoms with E-state index in [1.54, 1.807) is 18.0 Å². The molecule has 0 amide bonds. The molecular weight excluding hydrogens is 1060 g/mol. The van der Waals surface area contributed by atoms with Crippen molar-refractivity contribution in [1.82, 2.24) is 0 Å². The SMILES string of the molecule is CC(C)(C)c1ccc(N(c2cccc(Cl)c2)c2coc3ccccc23)cc1.CC(C)(C)c1ccc(N(c2cccc(Sc3coc4ccc(C(C)(C)C)cc34)c2)c2coc3ccccc23)cc1.CC(C)(C)c1ccc2occ(S)c2c1. The maximum atomic E-state index is 6.29. The Hall–Kier alpha value is -7.49. The molecule has 9 heteroatoms. The van der Waals surface area contributed by atoms with Crippen molar-refractivity contribution < 1.29 is 17.7 Å². The van der Waals surface area contributed by atoms with Crippen molar-refractivity contribution in [3.05, 3.63) is 234 Å². The van der Waals surface area contributed by atoms with Gasteiger partial charge in [0.15, 0.2) is 0 Å². The number of hydrogen-bond donors (Lipinski definition) is 1. The van der Waals surface area contributed by atoms with Crippen molar-refractivity contribution in [2.75, 3.05) is 9.80 Å². The van der Waals surface area contributed by atoms with Gasteiger partial charge in [0, 0.05) is 54.2 Å². The number of furan rings is 4. The molecule has 0 saturated heterocycles. The van der Waals surface area contributed by atoms with E-state index in [2.05, 4.69) is 233 Å². The molecule has 6 nitrogen and oxygen atoms in total. The van der Waals surface area contributed by atoms with Crippen LogP contribution < -0.4 is 9.80 Å². The molecule has 4 heterocycles. The smallest absolute Gasteiger partial charge is 0.136 e. The molecule has 0 N–H and O–H groups in total. The summed E-state index contributed by atoms with van der Waals surface area (Å²) in [6, 6.07) is 63.2. The molecule has 0 saturated carbocycles. The summed E-state index contributed by atoms with van der Waals surface area (Å²) in [6.45, 7) is 26.7. The monoisotopic (exact) mass is 1130 g/mol. The summed E-state index contributed by atoms with van der Waals surface area (Å²) in [5.74, 6) is 0. The molecule has 0 fully saturated rings. The Labute approximate surface area is 492 Å². The molecule has 0 atom stereocenters. The van der Waals surface area contributed by atoms with Crippen molar-refractivity contribution in [2.24, 2.45) is 0 Å². The molecule has 0 aliphatic carbocycles. The first-order valence-corrected chi connectivity index (χ1v) is 29.1. The van der Waals surface area contributed by atoms with Gasteiger partial charge in [0.05, 0.1) is 21.2 Å². The van der Waals surface area contributed by atoms with E-state index in [1.165, 1.54) is 22.3 Å². The molecule has 4 aromatic heterocycles. The lowest BCUT2D eigenvalue weighted by atomic mass is 9.86. The zero-order valence-electron chi connectivity index (χ0n) is 48.4. The lowest BCUT2D eigenvalue weighted by Gasteiger charge is -2.26. The Balaban J connectivity index is 0.000000154. The van der Waals surface area contributed by atoms with Crippen LogP contribution in [0.3, 0.4) is 0 Å². The predicted molar refractivity (Wildman–Crippen MR) is 345 cm³/mol. The standard InChI is InChI=1S/C36H35NO2S.C24H22ClNO.C12H14OS/c1-35(2,3)24-14-17-26(18-15-24)37(31-22-38-32-13-8-7-12-29(31)32)27-10-9-11-28(21-27)40-34-23-39-33-19-16-25(20-30(33)34)36(4,5)6;1-24(2,3)17-11-13-19(14-12-17)26(20-8-6-7-18(25)15-20)22-16-27-23-10-5-4-9-21(22)23;1-12(2,3)8-4-5-10-9(6-8)11(14)7-13-10/h7-23H,1-6H3;4-16H,1-3H3;4-7,14H,1-3H3. The summed E-state index contributed by atoms with van der Waals surface area (Å²) in [6.07, 6.45) is 7.23. The van der Waals surface area contributed by atoms with E-state index in [9.17, 15) is 0 Å². The molecule has 412 valence electrons. The van der Waals surface area contributed by atoms with E-state index < -0.39 is 0 Å². The summed E-state index contributed by atoms with van der Waals surface area (Å²) >= 11 is 12.4. The second-order valence-electron chi connectivity index (χ2n) is 24.7. The van der Waals surface area contributed by atoms with Gasteiger partial charge in [-0.2, -0.15) is 0 Å². The average Bonchev–Trinajstić information content (AvgIpc) is 4.35. The predicted octanol–water partition coefficient (Wildman–Crippen LogP) is 23.3. The summed E-state index contributed by atoms with van der Waals surface area (Å²) < 4.78 is 23.1. The number of anilines is 6. The first-order valence-electron chi connectivity index (χ1n) is 27.5. The third kappa shape index (κ3) is 12.7. The second kappa shape index (κ2) is 22.8. The van der Waals surface area contributed by atoms with Gasteiger partial charge < -0.3 is 27.5 Å². The molecular formula is C72H71ClN2O4S2. The molecule has 0 bridgehead atoms. The summed E-state index contributed by atoms with van der Waals surface area (Å²) in [5, 5.41) is 5.10. The van der Waals surface area contributed by atoms with Crippen LogP contribution in [-0.4, -0.2) is 0 Å². The van der Waals surface area contributed by atoms with Crippen molar-refractivity contribution in [3.63, 3.8) is 0 Å². The number of nitrogens with zero attached hydrogens (tertiary/aromatic N) is 2. The number of halogens is 1. The maximum Gasteiger partial charge on any atom is 0.136 e. The van der Waals surface area contributed by atoms with Gasteiger partial charge in [-0.3, -0.25) is 0 Å². The number of thiol groups is 1. The van der Waals surface area contributed by atoms with Gasteiger partial charge in [0.2, 0.25) is 0 Å². The van der Waals surface area contributed by atoms with Crippen molar-refractivity contribution in [2.45, 2.75) is 119 Å². The van der Waals surface area contributed by atoms with Gasteiger partial charge in [-0.1, -0.05) is 179 Å². The van der Waals surface area contributed by atoms with Crippen LogP contribution in [0.25, 0.3) is 43.9 Å². The van der Waals surface area contributed by atoms with Crippen LogP contribution in [0.1, 0.15) is 105 Å². The first-order chi connectivity index (χ1) is 38.5. The molecule has 8 aromatic carbocycles. The van der Waals surface area contributed by atoms with Crippen LogP contribution in [0.15, 0.2) is 239 Å². The Bertz CT molecular complexity index is 4120. The van der Waals surface area contributed by atoms with Gasteiger partial charge in [-0.05, 0) is 153 Å². The third-order valence-corrected chi connectivity index (χ3v) is 16.2. The highest BCUT2D eigenvalue weighted by atomic mass is 35.5. The van der Waals surface area contributed by atoms with Crippen molar-refractivity contribution in [3.8, 4) is 0 Å². The summed E-state index contributed by atoms with van der Waals surface area (Å²) in [7, 11) is 0. The van der Waals surface area contributed by atoms with Gasteiger partial charge in [-0.25, -0.2) is 0 Å². The second-order valence-corrected chi connectivity index (χ2v) is 26.8. The van der Waals surface area contributed by atoms with E-state index in [0.29, 0.717) is 5.02 Å². The quantitative estimate of drug-likeness (QED) is 0.152. The molecule has 0 spiro atoms. The molecule has 0 unspecified atom stereocenters. The highest BCUT2D eigenvalue weighted by Gasteiger charge is 2.23. The maximum absolute atomic E-state index is 6.29. The van der Waals surface area contributed by atoms with E-state index >= 15 is 0 Å². The highest BCUT2D eigenvalue weighted by molar-refractivity contribution is 7.99. The molecule has 81 heavy (non-hydrogen) atoms. The van der Waals surface area contributed by atoms with E-state index in [1.807, 2.05) is 73.4 Å². The number of rotatable bonds is 8. The van der Waals surface area contributed by atoms with Crippen molar-refractivity contribution >= 4 is 114 Å². The van der Waals surface area contributed by atoms with E-state index in [-0.39, 0.29) is 21.7 Å². The lowest BCUT2D eigenvalue weighted by molar-refractivity contribution is 0.588. The highest BCUT2D eigenvalue weighted by Crippen LogP contribution is 2.45. The largest absolute Gasteiger partial charge is 0.463 e. The topological polar surface area (TPSA) is 59.0 Å². The van der Waals surface area contributed by atoms with Gasteiger partial charge >= 0.3 is 0 Å². The van der Waals surface area contributed by atoms with Gasteiger partial charge in [-0.15, -0.1) is 12.6 Å². The van der Waals surface area contributed by atoms with Crippen LogP contribution >= 0.6 is 36.0 Å². The van der Waals surface area contributed by atoms with Crippen molar-refractivity contribution in [1.29, 1.82) is 0 Å². The van der Waals surface area contributed by atoms with E-state index in [0.717, 1.165) is 92.7 Å². The normalized spacial score (nSPS) is 12.1. The summed E-state index contributed by atoms with van der Waals surface area (Å²) in [5.41, 5.74) is 15.5. The molecule has 0 aliphatic rings. The Morgan fingerprint density at radius 1 is 0.358 bits per heavy atom. The zero-order chi connectivity index (χ0) is 57.4. The number of hydrogen-bond acceptors (Lipinski definition) is 8. The fraction of sp³-hybridized carbons (Fsp3) is 0.222. The molecule has 0 aliphatic heterocycles. The van der Waals surface area contributed by atoms with Gasteiger partial charge in [0.25, 0.3) is 0 Å². The fourth-order valence-corrected chi connectivity index (χ4v) is 11.2. The zero-order valence-corrected chi connectivity index (χ0v) is 50.9. The van der Waals surface area contributed by atoms with Crippen LogP contribution in [0.4, 0.5) is 34.1 Å². The minimum atomic E-state index is 0.0731. The Kier molecular flexibility index (Phi) is 16.0. The Morgan fingerprint density at radius 3 is 1.26 bits per heavy atom. The number of para-hydroxylation sites is 2. The fourth-order valence-electron chi connectivity index (χ4n) is 9.81. The minimum absolute atomic E-state index is 0.0731. The third-order valence-electron chi connectivity index (χ3n) is 14.6. The average molecular weight is 1130 g/mol. The molecule has 0 radical (unpaired) electrons. The van der Waals surface area contributed by atoms with E-state index in [4.69, 9.17) is 29.3 Å². The van der Waals surface area contributed by atoms with Crippen LogP contribution in [0.2, 0.25) is 5.02 Å². The van der Waals surface area contributed by atoms with Crippen LogP contribution in [0.5, 0.6) is 0 Å². The molecule has 12 aromatic rings. The lowest BCUT2D eigenvalue weighted by Crippen LogP contribution is -2.13. The minimum Gasteiger partial charge on any atom is -0.463 e.